The van der Waals surface area contributed by atoms with Gasteiger partial charge in [-0.25, -0.2) is 14.5 Å². The lowest BCUT2D eigenvalue weighted by Crippen LogP contribution is -2.64. The van der Waals surface area contributed by atoms with E-state index in [0.717, 1.165) is 71.3 Å². The van der Waals surface area contributed by atoms with Crippen molar-refractivity contribution in [3.63, 3.8) is 0 Å². The van der Waals surface area contributed by atoms with Crippen LogP contribution in [0.3, 0.4) is 0 Å². The van der Waals surface area contributed by atoms with Crippen molar-refractivity contribution < 1.29 is 9.53 Å². The first-order valence-electron chi connectivity index (χ1n) is 14.2. The van der Waals surface area contributed by atoms with Gasteiger partial charge in [0.05, 0.1) is 40.3 Å². The molecule has 5 aromatic heterocycles. The number of ether oxygens (including phenoxy) is 1. The predicted molar refractivity (Wildman–Crippen MR) is 156 cm³/mol. The number of fused-ring (bicyclic) bond motifs is 3. The van der Waals surface area contributed by atoms with E-state index < -0.39 is 5.41 Å². The average Bonchev–Trinajstić information content (AvgIpc) is 3.55. The van der Waals surface area contributed by atoms with Crippen LogP contribution in [0.5, 0.6) is 5.75 Å². The van der Waals surface area contributed by atoms with E-state index >= 15 is 0 Å². The second-order valence-electron chi connectivity index (χ2n) is 11.6. The van der Waals surface area contributed by atoms with Crippen molar-refractivity contribution in [1.82, 2.24) is 29.8 Å². The molecule has 2 aliphatic heterocycles. The Kier molecular flexibility index (Phi) is 5.50. The minimum absolute atomic E-state index is 0.0463. The van der Waals surface area contributed by atoms with Gasteiger partial charge >= 0.3 is 0 Å². The molecule has 4 bridgehead atoms. The summed E-state index contributed by atoms with van der Waals surface area (Å²) in [5.41, 5.74) is 3.27. The van der Waals surface area contributed by atoms with Crippen LogP contribution in [-0.2, 0) is 4.79 Å². The van der Waals surface area contributed by atoms with E-state index in [4.69, 9.17) is 21.3 Å². The Balaban J connectivity index is 1.09. The van der Waals surface area contributed by atoms with Crippen LogP contribution in [0.4, 0.5) is 11.6 Å². The fourth-order valence-electron chi connectivity index (χ4n) is 7.70. The first kappa shape index (κ1) is 24.6. The van der Waals surface area contributed by atoms with Gasteiger partial charge in [-0.3, -0.25) is 9.89 Å². The summed E-state index contributed by atoms with van der Waals surface area (Å²) in [6.45, 7) is 2.54. The highest BCUT2D eigenvalue weighted by molar-refractivity contribution is 6.33. The van der Waals surface area contributed by atoms with Crippen LogP contribution in [-0.4, -0.2) is 54.4 Å². The van der Waals surface area contributed by atoms with Crippen LogP contribution in [0.1, 0.15) is 39.0 Å². The molecule has 2 saturated carbocycles. The van der Waals surface area contributed by atoms with E-state index in [-0.39, 0.29) is 18.0 Å². The van der Waals surface area contributed by atoms with E-state index in [9.17, 15) is 4.79 Å². The molecule has 0 aromatic carbocycles. The van der Waals surface area contributed by atoms with Crippen LogP contribution in [0.15, 0.2) is 55.1 Å². The monoisotopic (exact) mass is 568 g/mol. The number of carbonyl (C=O) groups excluding carboxylic acids is 1. The first-order chi connectivity index (χ1) is 20.0. The molecule has 2 aliphatic carbocycles. The minimum atomic E-state index is -0.392. The molecule has 4 aliphatic rings. The number of aromatic amines is 1. The number of aromatic nitrogens is 6. The molecular weight excluding hydrogens is 540 g/mol. The van der Waals surface area contributed by atoms with Crippen molar-refractivity contribution in [2.45, 2.75) is 51.1 Å². The smallest absolute Gasteiger partial charge is 0.231 e. The lowest BCUT2D eigenvalue weighted by molar-refractivity contribution is -0.134. The van der Waals surface area contributed by atoms with Crippen LogP contribution < -0.4 is 15.0 Å². The van der Waals surface area contributed by atoms with Gasteiger partial charge in [0.1, 0.15) is 11.6 Å². The molecule has 11 heteroatoms. The highest BCUT2D eigenvalue weighted by Crippen LogP contribution is 2.57. The van der Waals surface area contributed by atoms with Crippen molar-refractivity contribution >= 4 is 45.7 Å². The number of nitrogens with zero attached hydrogens (tertiary/aromatic N) is 6. The van der Waals surface area contributed by atoms with Crippen molar-refractivity contribution in [2.75, 3.05) is 16.8 Å². The van der Waals surface area contributed by atoms with Gasteiger partial charge in [-0.15, -0.1) is 5.10 Å². The van der Waals surface area contributed by atoms with Crippen molar-refractivity contribution in [3.8, 4) is 16.9 Å². The molecule has 7 heterocycles. The maximum atomic E-state index is 13.6. The van der Waals surface area contributed by atoms with Crippen molar-refractivity contribution in [1.29, 1.82) is 0 Å². The van der Waals surface area contributed by atoms with Crippen LogP contribution in [0, 0.1) is 11.3 Å². The number of H-pyrrole nitrogens is 1. The quantitative estimate of drug-likeness (QED) is 0.278. The molecule has 0 spiro atoms. The Hall–Kier alpha value is -4.18. The second kappa shape index (κ2) is 9.17. The summed E-state index contributed by atoms with van der Waals surface area (Å²) in [5, 5.41) is 16.2. The van der Waals surface area contributed by atoms with Gasteiger partial charge in [0.15, 0.2) is 11.5 Å². The molecular formula is C30H29ClN8O2. The van der Waals surface area contributed by atoms with E-state index in [2.05, 4.69) is 42.6 Å². The number of hydrogen-bond acceptors (Lipinski definition) is 7. The summed E-state index contributed by atoms with van der Waals surface area (Å²) < 4.78 is 7.69. The van der Waals surface area contributed by atoms with Gasteiger partial charge < -0.3 is 15.0 Å². The Labute approximate surface area is 241 Å². The molecule has 2 saturated heterocycles. The van der Waals surface area contributed by atoms with Crippen LogP contribution >= 0.6 is 11.6 Å². The third-order valence-corrected chi connectivity index (χ3v) is 9.44. The number of nitrogens with one attached hydrogen (secondary N) is 2. The zero-order valence-corrected chi connectivity index (χ0v) is 23.3. The fourth-order valence-corrected chi connectivity index (χ4v) is 7.87. The van der Waals surface area contributed by atoms with E-state index in [1.54, 1.807) is 24.5 Å². The number of hydrogen-bond donors (Lipinski definition) is 2. The highest BCUT2D eigenvalue weighted by atomic mass is 35.5. The second-order valence-corrected chi connectivity index (χ2v) is 12.0. The van der Waals surface area contributed by atoms with Gasteiger partial charge in [0.25, 0.3) is 0 Å². The van der Waals surface area contributed by atoms with Gasteiger partial charge in [0.2, 0.25) is 5.91 Å². The topological polar surface area (TPSA) is 113 Å². The molecule has 2 atom stereocenters. The van der Waals surface area contributed by atoms with Gasteiger partial charge in [-0.05, 0) is 75.3 Å². The lowest BCUT2D eigenvalue weighted by atomic mass is 9.55. The Morgan fingerprint density at radius 2 is 2.02 bits per heavy atom. The normalized spacial score (nSPS) is 24.8. The predicted octanol–water partition coefficient (Wildman–Crippen LogP) is 5.50. The molecule has 9 rings (SSSR count). The number of anilines is 2. The highest BCUT2D eigenvalue weighted by Gasteiger charge is 2.58. The van der Waals surface area contributed by atoms with Gasteiger partial charge in [-0.1, -0.05) is 11.6 Å². The number of piperidine rings is 2. The molecule has 1 amide bonds. The largest absolute Gasteiger partial charge is 0.492 e. The van der Waals surface area contributed by atoms with E-state index in [1.165, 1.54) is 0 Å². The number of pyridine rings is 3. The summed E-state index contributed by atoms with van der Waals surface area (Å²) in [6.07, 6.45) is 12.0. The van der Waals surface area contributed by atoms with Gasteiger partial charge in [0, 0.05) is 35.6 Å². The summed E-state index contributed by atoms with van der Waals surface area (Å²) in [4.78, 5) is 25.4. The molecule has 41 heavy (non-hydrogen) atoms. The number of halogens is 1. The molecule has 4 fully saturated rings. The molecule has 2 unspecified atom stereocenters. The lowest BCUT2D eigenvalue weighted by Gasteiger charge is -2.61. The zero-order chi connectivity index (χ0) is 27.7. The Bertz CT molecular complexity index is 1780. The first-order valence-corrected chi connectivity index (χ1v) is 14.5. The summed E-state index contributed by atoms with van der Waals surface area (Å²) in [7, 11) is 0. The Morgan fingerprint density at radius 1 is 1.17 bits per heavy atom. The van der Waals surface area contributed by atoms with Crippen LogP contribution in [0.25, 0.3) is 27.7 Å². The molecule has 0 radical (unpaired) electrons. The minimum Gasteiger partial charge on any atom is -0.492 e. The number of carbonyl (C=O) groups is 1. The standard InChI is InChI=1S/C30H29ClN8O2/c1-2-41-21-10-22(26-23-15-34-36-27(23)37-38(26)16-21)18-5-6-25(33-14-18)39-19-8-17-9-20(39)13-30(11-17,12-19)29(40)35-28-24(31)4-3-7-32-28/h3-7,10,14-17,19-20H,2,8-9,11-13H2,1H3,(H,36,37)(H,32,35,40). The SMILES string of the molecule is CCOc1cc(-c2ccc(N3C4CC5CC3CC(C(=O)Nc3ncccc3Cl)(C5)C4)nc2)c2c3cn[nH]c3nn2c1. The summed E-state index contributed by atoms with van der Waals surface area (Å²) >= 11 is 6.30. The number of amides is 1. The van der Waals surface area contributed by atoms with E-state index in [1.807, 2.05) is 29.9 Å². The Morgan fingerprint density at radius 3 is 2.78 bits per heavy atom. The summed E-state index contributed by atoms with van der Waals surface area (Å²) in [6, 6.07) is 10.4. The van der Waals surface area contributed by atoms with Gasteiger partial charge in [-0.2, -0.15) is 5.10 Å². The maximum absolute atomic E-state index is 13.6. The zero-order valence-electron chi connectivity index (χ0n) is 22.5. The summed E-state index contributed by atoms with van der Waals surface area (Å²) in [5.74, 6) is 2.74. The number of rotatable bonds is 6. The molecule has 10 nitrogen and oxygen atoms in total. The van der Waals surface area contributed by atoms with E-state index in [0.29, 0.717) is 23.4 Å². The van der Waals surface area contributed by atoms with Crippen molar-refractivity contribution in [3.05, 3.63) is 60.1 Å². The maximum Gasteiger partial charge on any atom is 0.231 e. The van der Waals surface area contributed by atoms with Crippen molar-refractivity contribution in [2.24, 2.45) is 11.3 Å². The molecule has 208 valence electrons. The third kappa shape index (κ3) is 3.88. The fraction of sp³-hybridized carbons (Fsp3) is 0.367. The molecule has 5 aromatic rings. The average molecular weight is 569 g/mol. The van der Waals surface area contributed by atoms with Crippen LogP contribution in [0.2, 0.25) is 5.02 Å². The molecule has 2 N–H and O–H groups in total. The third-order valence-electron chi connectivity index (χ3n) is 9.14.